The fraction of sp³-hybridized carbons (Fsp3) is 0.333. The highest BCUT2D eigenvalue weighted by Gasteiger charge is 2.36. The summed E-state index contributed by atoms with van der Waals surface area (Å²) < 4.78 is 0. The van der Waals surface area contributed by atoms with E-state index in [4.69, 9.17) is 0 Å². The lowest BCUT2D eigenvalue weighted by Crippen LogP contribution is -2.29. The van der Waals surface area contributed by atoms with Crippen LogP contribution < -0.4 is 5.32 Å². The molecule has 0 bridgehead atoms. The predicted molar refractivity (Wildman–Crippen MR) is 189 cm³/mol. The molecular formula is C42H49N. The molecule has 0 saturated carbocycles. The highest BCUT2D eigenvalue weighted by atomic mass is 14.9. The van der Waals surface area contributed by atoms with Gasteiger partial charge >= 0.3 is 0 Å². The first-order valence-electron chi connectivity index (χ1n) is 16.2. The summed E-state index contributed by atoms with van der Waals surface area (Å²) in [4.78, 5) is 0. The minimum atomic E-state index is 0.0334. The van der Waals surface area contributed by atoms with Crippen molar-refractivity contribution in [1.82, 2.24) is 0 Å². The van der Waals surface area contributed by atoms with Gasteiger partial charge in [-0.25, -0.2) is 0 Å². The van der Waals surface area contributed by atoms with Crippen molar-refractivity contribution >= 4 is 22.5 Å². The van der Waals surface area contributed by atoms with Crippen molar-refractivity contribution in [3.05, 3.63) is 142 Å². The maximum absolute atomic E-state index is 4.18. The Bertz CT molecular complexity index is 1620. The highest BCUT2D eigenvalue weighted by Crippen LogP contribution is 2.48. The molecule has 0 fully saturated rings. The van der Waals surface area contributed by atoms with Crippen LogP contribution in [0.25, 0.3) is 16.8 Å². The van der Waals surface area contributed by atoms with Gasteiger partial charge in [-0.1, -0.05) is 152 Å². The van der Waals surface area contributed by atoms with E-state index in [1.165, 1.54) is 55.4 Å². The molecule has 43 heavy (non-hydrogen) atoms. The van der Waals surface area contributed by atoms with Crippen LogP contribution in [-0.2, 0) is 0 Å². The molecule has 1 aliphatic carbocycles. The number of fused-ring (bicyclic) bond motifs is 1. The largest absolute Gasteiger partial charge is 0.374 e. The van der Waals surface area contributed by atoms with Gasteiger partial charge in [0.15, 0.2) is 0 Å². The zero-order valence-electron chi connectivity index (χ0n) is 27.4. The van der Waals surface area contributed by atoms with E-state index in [0.717, 1.165) is 0 Å². The summed E-state index contributed by atoms with van der Waals surface area (Å²) in [5.41, 5.74) is 11.1. The lowest BCUT2D eigenvalue weighted by Gasteiger charge is -2.39. The maximum atomic E-state index is 4.18. The third kappa shape index (κ3) is 6.57. The summed E-state index contributed by atoms with van der Waals surface area (Å²) in [6, 6.07) is 33.3. The normalized spacial score (nSPS) is 17.2. The smallest absolute Gasteiger partial charge is 0.0744 e. The zero-order chi connectivity index (χ0) is 30.7. The quantitative estimate of drug-likeness (QED) is 0.212. The first-order chi connectivity index (χ1) is 20.7. The Morgan fingerprint density at radius 3 is 1.84 bits per heavy atom. The molecule has 1 aliphatic rings. The summed E-state index contributed by atoms with van der Waals surface area (Å²) >= 11 is 0. The van der Waals surface area contributed by atoms with Gasteiger partial charge in [0.1, 0.15) is 0 Å². The molecule has 2 atom stereocenters. The summed E-state index contributed by atoms with van der Waals surface area (Å²) in [5, 5.41) is 6.72. The lowest BCUT2D eigenvalue weighted by atomic mass is 9.68. The fourth-order valence-corrected chi connectivity index (χ4v) is 6.93. The van der Waals surface area contributed by atoms with E-state index in [0.29, 0.717) is 23.7 Å². The lowest BCUT2D eigenvalue weighted by molar-refractivity contribution is 0.476. The van der Waals surface area contributed by atoms with Crippen molar-refractivity contribution in [3.8, 4) is 0 Å². The summed E-state index contributed by atoms with van der Waals surface area (Å²) in [5.74, 6) is 1.93. The Kier molecular flexibility index (Phi) is 9.40. The highest BCUT2D eigenvalue weighted by molar-refractivity contribution is 5.86. The van der Waals surface area contributed by atoms with E-state index in [9.17, 15) is 0 Å². The van der Waals surface area contributed by atoms with Crippen LogP contribution >= 0.6 is 0 Å². The van der Waals surface area contributed by atoms with Crippen LogP contribution in [0.4, 0.5) is 5.69 Å². The van der Waals surface area contributed by atoms with Gasteiger partial charge in [0.2, 0.25) is 0 Å². The average molecular weight is 568 g/mol. The SMILES string of the molecule is CC(C)C1=C(C(Nc2ccc3ccccc3c2)c2c(C(C)C)cccc2C(C)C)C(C(C)C)C(=Cc2ccccc2)C=C1. The number of hydrogen-bond donors (Lipinski definition) is 1. The topological polar surface area (TPSA) is 12.0 Å². The zero-order valence-corrected chi connectivity index (χ0v) is 27.4. The van der Waals surface area contributed by atoms with Crippen molar-refractivity contribution in [2.75, 3.05) is 5.32 Å². The van der Waals surface area contributed by atoms with Crippen LogP contribution in [0.2, 0.25) is 0 Å². The first-order valence-corrected chi connectivity index (χ1v) is 16.2. The molecule has 0 spiro atoms. The minimum Gasteiger partial charge on any atom is -0.374 e. The van der Waals surface area contributed by atoms with Gasteiger partial charge < -0.3 is 5.32 Å². The number of allylic oxidation sites excluding steroid dienone is 4. The standard InChI is InChI=1S/C42H49N/c1-27(2)36-19-14-20-37(28(3)4)40(36)42(43-35-23-21-32-17-12-13-18-33(32)26-35)41-38(29(5)6)24-22-34(39(41)30(7)8)25-31-15-10-9-11-16-31/h9-30,39,42-43H,1-8H3. The maximum Gasteiger partial charge on any atom is 0.0744 e. The van der Waals surface area contributed by atoms with Gasteiger partial charge in [-0.15, -0.1) is 0 Å². The van der Waals surface area contributed by atoms with Crippen molar-refractivity contribution in [2.24, 2.45) is 17.8 Å². The van der Waals surface area contributed by atoms with E-state index in [1.54, 1.807) is 0 Å². The Morgan fingerprint density at radius 1 is 0.605 bits per heavy atom. The monoisotopic (exact) mass is 567 g/mol. The molecule has 0 amide bonds. The van der Waals surface area contributed by atoms with Crippen LogP contribution in [0, 0.1) is 17.8 Å². The molecule has 1 nitrogen and oxygen atoms in total. The molecule has 0 radical (unpaired) electrons. The molecular weight excluding hydrogens is 518 g/mol. The van der Waals surface area contributed by atoms with Crippen LogP contribution in [0.1, 0.15) is 95.5 Å². The Hall–Kier alpha value is -3.84. The van der Waals surface area contributed by atoms with Gasteiger partial charge in [0, 0.05) is 11.6 Å². The second-order valence-corrected chi connectivity index (χ2v) is 13.5. The van der Waals surface area contributed by atoms with E-state index < -0.39 is 0 Å². The number of anilines is 1. The molecule has 0 aromatic heterocycles. The van der Waals surface area contributed by atoms with E-state index in [2.05, 4.69) is 170 Å². The van der Waals surface area contributed by atoms with Crippen molar-refractivity contribution in [2.45, 2.75) is 73.3 Å². The average Bonchev–Trinajstić information content (AvgIpc) is 2.99. The number of rotatable bonds is 9. The van der Waals surface area contributed by atoms with Crippen LogP contribution in [0.15, 0.2) is 120 Å². The van der Waals surface area contributed by atoms with E-state index >= 15 is 0 Å². The van der Waals surface area contributed by atoms with Crippen molar-refractivity contribution in [1.29, 1.82) is 0 Å². The Labute approximate surface area is 260 Å². The molecule has 1 heteroatoms. The van der Waals surface area contributed by atoms with Gasteiger partial charge in [0.25, 0.3) is 0 Å². The van der Waals surface area contributed by atoms with E-state index in [1.807, 2.05) is 0 Å². The Balaban J connectivity index is 1.80. The van der Waals surface area contributed by atoms with Crippen molar-refractivity contribution < 1.29 is 0 Å². The molecule has 0 saturated heterocycles. The van der Waals surface area contributed by atoms with Gasteiger partial charge in [-0.3, -0.25) is 0 Å². The number of benzene rings is 4. The molecule has 222 valence electrons. The van der Waals surface area contributed by atoms with E-state index in [-0.39, 0.29) is 12.0 Å². The third-order valence-corrected chi connectivity index (χ3v) is 8.98. The summed E-state index contributed by atoms with van der Waals surface area (Å²) in [6.45, 7) is 18.9. The molecule has 0 heterocycles. The predicted octanol–water partition coefficient (Wildman–Crippen LogP) is 12.1. The first kappa shape index (κ1) is 30.6. The minimum absolute atomic E-state index is 0.0334. The summed E-state index contributed by atoms with van der Waals surface area (Å²) in [6.07, 6.45) is 7.21. The molecule has 0 aliphatic heterocycles. The second-order valence-electron chi connectivity index (χ2n) is 13.5. The number of nitrogens with one attached hydrogen (secondary N) is 1. The molecule has 2 unspecified atom stereocenters. The summed E-state index contributed by atoms with van der Waals surface area (Å²) in [7, 11) is 0. The Morgan fingerprint density at radius 2 is 1.23 bits per heavy atom. The molecule has 5 rings (SSSR count). The third-order valence-electron chi connectivity index (χ3n) is 8.98. The van der Waals surface area contributed by atoms with Crippen LogP contribution in [-0.4, -0.2) is 0 Å². The number of hydrogen-bond acceptors (Lipinski definition) is 1. The van der Waals surface area contributed by atoms with Gasteiger partial charge in [-0.2, -0.15) is 0 Å². The molecule has 4 aromatic carbocycles. The molecule has 4 aromatic rings. The van der Waals surface area contributed by atoms with Gasteiger partial charge in [0.05, 0.1) is 6.04 Å². The van der Waals surface area contributed by atoms with Gasteiger partial charge in [-0.05, 0) is 85.5 Å². The van der Waals surface area contributed by atoms with Crippen molar-refractivity contribution in [3.63, 3.8) is 0 Å². The van der Waals surface area contributed by atoms with Crippen LogP contribution in [0.5, 0.6) is 0 Å². The molecule has 1 N–H and O–H groups in total. The van der Waals surface area contributed by atoms with Crippen LogP contribution in [0.3, 0.4) is 0 Å². The fourth-order valence-electron chi connectivity index (χ4n) is 6.93. The second kappa shape index (κ2) is 13.2.